The molecular weight excluding hydrogens is 582 g/mol. The number of rotatable bonds is 21. The Labute approximate surface area is 282 Å². The van der Waals surface area contributed by atoms with Crippen LogP contribution in [0, 0.1) is 22.2 Å². The molecule has 0 aromatic carbocycles. The first-order valence-corrected chi connectivity index (χ1v) is 17.0. The Hall–Kier alpha value is -1.73. The third-order valence-corrected chi connectivity index (χ3v) is 7.58. The molecule has 0 aliphatic heterocycles. The molecule has 0 bridgehead atoms. The highest BCUT2D eigenvalue weighted by Crippen LogP contribution is 2.34. The molecule has 0 aliphatic carbocycles. The quantitative estimate of drug-likeness (QED) is 0.132. The van der Waals surface area contributed by atoms with Crippen LogP contribution in [-0.4, -0.2) is 71.7 Å². The predicted octanol–water partition coefficient (Wildman–Crippen LogP) is 7.50. The second kappa shape index (κ2) is 16.6. The molecule has 0 aliphatic rings. The molecule has 46 heavy (non-hydrogen) atoms. The van der Waals surface area contributed by atoms with Crippen LogP contribution in [0.2, 0.25) is 0 Å². The van der Waals surface area contributed by atoms with Crippen molar-refractivity contribution in [2.24, 2.45) is 10.8 Å². The molecule has 0 radical (unpaired) electrons. The highest BCUT2D eigenvalue weighted by Gasteiger charge is 2.39. The molecule has 270 valence electrons. The first-order valence-electron chi connectivity index (χ1n) is 17.0. The Morgan fingerprint density at radius 3 is 1.46 bits per heavy atom. The summed E-state index contributed by atoms with van der Waals surface area (Å²) < 4.78 is 25.1. The number of nitriles is 1. The van der Waals surface area contributed by atoms with E-state index in [1.54, 1.807) is 0 Å². The molecule has 0 aromatic rings. The molecule has 0 rings (SSSR count). The molecule has 0 fully saturated rings. The molecule has 0 spiro atoms. The summed E-state index contributed by atoms with van der Waals surface area (Å²) in [5.41, 5.74) is -3.94. The van der Waals surface area contributed by atoms with Crippen molar-refractivity contribution in [1.82, 2.24) is 10.6 Å². The maximum atomic E-state index is 13.3. The molecule has 0 atom stereocenters. The second-order valence-electron chi connectivity index (χ2n) is 18.4. The fourth-order valence-corrected chi connectivity index (χ4v) is 5.49. The molecule has 0 heterocycles. The van der Waals surface area contributed by atoms with Gasteiger partial charge in [0.25, 0.3) is 0 Å². The Kier molecular flexibility index (Phi) is 16.0. The summed E-state index contributed by atoms with van der Waals surface area (Å²) in [6.07, 6.45) is 2.67. The minimum absolute atomic E-state index is 0.0233. The van der Waals surface area contributed by atoms with E-state index in [0.717, 1.165) is 0 Å². The number of nitrogens with zero attached hydrogens (tertiary/aromatic N) is 1. The van der Waals surface area contributed by atoms with Crippen molar-refractivity contribution in [1.29, 1.82) is 5.26 Å². The molecule has 9 nitrogen and oxygen atoms in total. The molecule has 2 amide bonds. The fraction of sp³-hybridized carbons (Fsp3) is 0.919. The normalized spacial score (nSPS) is 14.2. The summed E-state index contributed by atoms with van der Waals surface area (Å²) in [4.78, 5) is 25.5. The van der Waals surface area contributed by atoms with E-state index in [2.05, 4.69) is 16.7 Å². The summed E-state index contributed by atoms with van der Waals surface area (Å²) in [6, 6.07) is 2.23. The van der Waals surface area contributed by atoms with Crippen LogP contribution in [0.1, 0.15) is 150 Å². The number of carbonyl (C=O) groups is 2. The maximum Gasteiger partial charge on any atom is 0.225 e. The van der Waals surface area contributed by atoms with Crippen molar-refractivity contribution in [3.05, 3.63) is 0 Å². The molecule has 0 saturated carbocycles. The average molecular weight is 654 g/mol. The smallest absolute Gasteiger partial charge is 0.225 e. The van der Waals surface area contributed by atoms with E-state index < -0.39 is 38.8 Å². The van der Waals surface area contributed by atoms with Gasteiger partial charge >= 0.3 is 0 Å². The van der Waals surface area contributed by atoms with E-state index in [-0.39, 0.29) is 17.4 Å². The zero-order valence-corrected chi connectivity index (χ0v) is 32.8. The second-order valence-corrected chi connectivity index (χ2v) is 18.4. The van der Waals surface area contributed by atoms with Gasteiger partial charge in [0.2, 0.25) is 11.8 Å². The van der Waals surface area contributed by atoms with Gasteiger partial charge in [-0.3, -0.25) is 9.59 Å². The van der Waals surface area contributed by atoms with E-state index >= 15 is 0 Å². The van der Waals surface area contributed by atoms with Crippen LogP contribution in [0.3, 0.4) is 0 Å². The van der Waals surface area contributed by atoms with Crippen LogP contribution in [0.5, 0.6) is 0 Å². The van der Waals surface area contributed by atoms with Gasteiger partial charge in [0.1, 0.15) is 0 Å². The standard InChI is InChI=1S/C37H71N3O6/c1-30(2,3)45-36(14,15)26-43-34(10,11)21-23-40-29(42)32(6,7)24-35(12,13)46-37(16,17)27-44-33(8,9)20-22-39-28(41)18-19-31(4,5)25-38/h18-24,26-27H2,1-17H3,(H,39,41)(H,40,42). The molecule has 2 N–H and O–H groups in total. The Morgan fingerprint density at radius 1 is 0.587 bits per heavy atom. The Morgan fingerprint density at radius 2 is 1.02 bits per heavy atom. The first kappa shape index (κ1) is 44.3. The van der Waals surface area contributed by atoms with E-state index in [4.69, 9.17) is 24.2 Å². The van der Waals surface area contributed by atoms with Crippen LogP contribution < -0.4 is 10.6 Å². The van der Waals surface area contributed by atoms with E-state index in [0.29, 0.717) is 58.4 Å². The molecule has 0 aromatic heterocycles. The van der Waals surface area contributed by atoms with Crippen molar-refractivity contribution >= 4 is 11.8 Å². The lowest BCUT2D eigenvalue weighted by Crippen LogP contribution is -2.48. The minimum atomic E-state index is -0.659. The minimum Gasteiger partial charge on any atom is -0.373 e. The summed E-state index contributed by atoms with van der Waals surface area (Å²) in [6.45, 7) is 35.6. The Balaban J connectivity index is 4.83. The first-order chi connectivity index (χ1) is 20.3. The number of carbonyl (C=O) groups excluding carboxylic acids is 2. The molecule has 0 saturated heterocycles. The Bertz CT molecular complexity index is 1010. The van der Waals surface area contributed by atoms with E-state index in [1.165, 1.54) is 0 Å². The third-order valence-electron chi connectivity index (χ3n) is 7.58. The summed E-state index contributed by atoms with van der Waals surface area (Å²) >= 11 is 0. The zero-order valence-electron chi connectivity index (χ0n) is 32.8. The van der Waals surface area contributed by atoms with Gasteiger partial charge in [-0.25, -0.2) is 0 Å². The van der Waals surface area contributed by atoms with Crippen molar-refractivity contribution in [2.75, 3.05) is 26.3 Å². The molecular formula is C37H71N3O6. The number of amides is 2. The molecule has 9 heteroatoms. The highest BCUT2D eigenvalue weighted by molar-refractivity contribution is 5.81. The van der Waals surface area contributed by atoms with Gasteiger partial charge in [0.15, 0.2) is 0 Å². The number of ether oxygens (including phenoxy) is 4. The van der Waals surface area contributed by atoms with Gasteiger partial charge in [-0.05, 0) is 130 Å². The van der Waals surface area contributed by atoms with Crippen LogP contribution in [0.25, 0.3) is 0 Å². The van der Waals surface area contributed by atoms with Gasteiger partial charge in [-0.15, -0.1) is 0 Å². The third kappa shape index (κ3) is 20.5. The van der Waals surface area contributed by atoms with Gasteiger partial charge in [0.05, 0.1) is 58.3 Å². The van der Waals surface area contributed by atoms with Crippen molar-refractivity contribution in [3.8, 4) is 6.07 Å². The lowest BCUT2D eigenvalue weighted by Gasteiger charge is -2.41. The molecule has 0 unspecified atom stereocenters. The van der Waals surface area contributed by atoms with Crippen LogP contribution in [0.15, 0.2) is 0 Å². The summed E-state index contributed by atoms with van der Waals surface area (Å²) in [7, 11) is 0. The van der Waals surface area contributed by atoms with Gasteiger partial charge in [-0.2, -0.15) is 5.26 Å². The SMILES string of the molecule is CC(C)(C#N)CCC(=O)NCCC(C)(C)OCC(C)(C)OC(C)(C)CC(C)(C)C(=O)NCCC(C)(C)OCC(C)(C)OC(C)(C)C. The van der Waals surface area contributed by atoms with E-state index in [9.17, 15) is 9.59 Å². The van der Waals surface area contributed by atoms with E-state index in [1.807, 2.05) is 118 Å². The number of hydrogen-bond acceptors (Lipinski definition) is 7. The van der Waals surface area contributed by atoms with Gasteiger partial charge in [-0.1, -0.05) is 13.8 Å². The van der Waals surface area contributed by atoms with Gasteiger partial charge < -0.3 is 29.6 Å². The summed E-state index contributed by atoms with van der Waals surface area (Å²) in [5, 5.41) is 15.2. The maximum absolute atomic E-state index is 13.3. The monoisotopic (exact) mass is 654 g/mol. The number of hydrogen-bond donors (Lipinski definition) is 2. The zero-order chi connectivity index (χ0) is 36.5. The lowest BCUT2D eigenvalue weighted by molar-refractivity contribution is -0.183. The topological polar surface area (TPSA) is 119 Å². The average Bonchev–Trinajstić information content (AvgIpc) is 2.82. The van der Waals surface area contributed by atoms with Crippen molar-refractivity contribution in [2.45, 2.75) is 183 Å². The summed E-state index contributed by atoms with van der Waals surface area (Å²) in [5.74, 6) is -0.0798. The number of nitrogens with one attached hydrogen (secondary N) is 2. The van der Waals surface area contributed by atoms with Crippen molar-refractivity contribution in [3.63, 3.8) is 0 Å². The van der Waals surface area contributed by atoms with Crippen LogP contribution in [0.4, 0.5) is 0 Å². The van der Waals surface area contributed by atoms with Crippen LogP contribution in [-0.2, 0) is 28.5 Å². The highest BCUT2D eigenvalue weighted by atomic mass is 16.6. The largest absolute Gasteiger partial charge is 0.373 e. The van der Waals surface area contributed by atoms with Crippen molar-refractivity contribution < 1.29 is 28.5 Å². The van der Waals surface area contributed by atoms with Crippen LogP contribution >= 0.6 is 0 Å². The van der Waals surface area contributed by atoms with Gasteiger partial charge in [0, 0.05) is 24.9 Å². The predicted molar refractivity (Wildman–Crippen MR) is 187 cm³/mol. The fourth-order valence-electron chi connectivity index (χ4n) is 5.49. The lowest BCUT2D eigenvalue weighted by atomic mass is 9.80.